The van der Waals surface area contributed by atoms with Crippen molar-refractivity contribution in [2.75, 3.05) is 0 Å². The lowest BCUT2D eigenvalue weighted by Gasteiger charge is -2.54. The van der Waals surface area contributed by atoms with Crippen LogP contribution in [-0.2, 0) is 0 Å². The number of aliphatic hydroxyl groups excluding tert-OH is 1. The molecule has 150 valence electrons. The van der Waals surface area contributed by atoms with Crippen LogP contribution in [0.2, 0.25) is 0 Å². The second-order valence-corrected chi connectivity index (χ2v) is 9.89. The molecule has 2 aliphatic carbocycles. The summed E-state index contributed by atoms with van der Waals surface area (Å²) in [6.07, 6.45) is 15.0. The fourth-order valence-corrected chi connectivity index (χ4v) is 5.80. The van der Waals surface area contributed by atoms with Crippen molar-refractivity contribution in [3.05, 3.63) is 48.0 Å². The van der Waals surface area contributed by atoms with E-state index in [-0.39, 0.29) is 5.41 Å². The SMILES string of the molecule is C=C(C)CCC[C@@]1(C)CCC[C@H]2C1=CC[C@H](C)[C@]2(C)C[C@H](O)c1ccoc1. The molecule has 0 saturated heterocycles. The number of hydrogen-bond donors (Lipinski definition) is 1. The Morgan fingerprint density at radius 3 is 2.85 bits per heavy atom. The molecule has 2 heteroatoms. The highest BCUT2D eigenvalue weighted by molar-refractivity contribution is 5.26. The summed E-state index contributed by atoms with van der Waals surface area (Å²) in [5.41, 5.74) is 4.36. The molecule has 1 fully saturated rings. The van der Waals surface area contributed by atoms with Gasteiger partial charge in [-0.2, -0.15) is 0 Å². The van der Waals surface area contributed by atoms with Gasteiger partial charge in [0.1, 0.15) is 0 Å². The highest BCUT2D eigenvalue weighted by Gasteiger charge is 2.49. The number of furan rings is 1. The number of hydrogen-bond acceptors (Lipinski definition) is 2. The van der Waals surface area contributed by atoms with Crippen molar-refractivity contribution in [2.45, 2.75) is 85.2 Å². The Kier molecular flexibility index (Phi) is 6.05. The maximum atomic E-state index is 10.9. The first-order valence-electron chi connectivity index (χ1n) is 10.8. The summed E-state index contributed by atoms with van der Waals surface area (Å²) in [5, 5.41) is 10.9. The molecule has 0 amide bonds. The normalized spacial score (nSPS) is 34.6. The molecule has 0 spiro atoms. The quantitative estimate of drug-likeness (QED) is 0.514. The molecule has 0 bridgehead atoms. The van der Waals surface area contributed by atoms with Gasteiger partial charge in [0.2, 0.25) is 0 Å². The van der Waals surface area contributed by atoms with Gasteiger partial charge < -0.3 is 9.52 Å². The standard InChI is InChI=1S/C25H38O2/c1-18(2)8-6-13-24(4)14-7-9-22-21(24)11-10-19(3)25(22,5)16-23(26)20-12-15-27-17-20/h11-12,15,17,19,22-23,26H,1,6-10,13-14,16H2,2-5H3/t19-,22-,23-,24-,25-/m0/s1. The minimum atomic E-state index is -0.438. The van der Waals surface area contributed by atoms with Gasteiger partial charge >= 0.3 is 0 Å². The zero-order chi connectivity index (χ0) is 19.7. The number of allylic oxidation sites excluding steroid dienone is 3. The molecule has 0 aromatic carbocycles. The van der Waals surface area contributed by atoms with Gasteiger partial charge in [-0.15, -0.1) is 6.58 Å². The molecule has 3 rings (SSSR count). The van der Waals surface area contributed by atoms with E-state index in [4.69, 9.17) is 4.42 Å². The predicted octanol–water partition coefficient (Wildman–Crippen LogP) is 7.23. The summed E-state index contributed by atoms with van der Waals surface area (Å²) in [7, 11) is 0. The average Bonchev–Trinajstić information content (AvgIpc) is 3.13. The lowest BCUT2D eigenvalue weighted by Crippen LogP contribution is -2.45. The van der Waals surface area contributed by atoms with Gasteiger partial charge in [-0.1, -0.05) is 44.4 Å². The second kappa shape index (κ2) is 7.99. The second-order valence-electron chi connectivity index (χ2n) is 9.89. The van der Waals surface area contributed by atoms with E-state index in [0.29, 0.717) is 17.3 Å². The molecule has 2 nitrogen and oxygen atoms in total. The molecule has 0 unspecified atom stereocenters. The molecule has 2 aliphatic rings. The third-order valence-electron chi connectivity index (χ3n) is 7.80. The van der Waals surface area contributed by atoms with E-state index in [9.17, 15) is 5.11 Å². The molecule has 1 saturated carbocycles. The van der Waals surface area contributed by atoms with Crippen LogP contribution < -0.4 is 0 Å². The molecule has 27 heavy (non-hydrogen) atoms. The Morgan fingerprint density at radius 2 is 2.19 bits per heavy atom. The van der Waals surface area contributed by atoms with E-state index in [1.54, 1.807) is 18.1 Å². The van der Waals surface area contributed by atoms with Gasteiger partial charge in [0, 0.05) is 5.56 Å². The van der Waals surface area contributed by atoms with Crippen LogP contribution in [0.5, 0.6) is 0 Å². The van der Waals surface area contributed by atoms with Crippen LogP contribution in [0, 0.1) is 22.7 Å². The van der Waals surface area contributed by atoms with Crippen LogP contribution in [-0.4, -0.2) is 5.11 Å². The molecular weight excluding hydrogens is 332 g/mol. The third-order valence-corrected chi connectivity index (χ3v) is 7.80. The van der Waals surface area contributed by atoms with Crippen molar-refractivity contribution in [3.63, 3.8) is 0 Å². The van der Waals surface area contributed by atoms with Crippen LogP contribution >= 0.6 is 0 Å². The van der Waals surface area contributed by atoms with E-state index >= 15 is 0 Å². The lowest BCUT2D eigenvalue weighted by atomic mass is 9.50. The van der Waals surface area contributed by atoms with Crippen molar-refractivity contribution in [1.29, 1.82) is 0 Å². The summed E-state index contributed by atoms with van der Waals surface area (Å²) in [5.74, 6) is 1.18. The Morgan fingerprint density at radius 1 is 1.41 bits per heavy atom. The summed E-state index contributed by atoms with van der Waals surface area (Å²) in [6.45, 7) is 13.5. The van der Waals surface area contributed by atoms with Crippen molar-refractivity contribution in [3.8, 4) is 0 Å². The molecule has 1 aromatic heterocycles. The minimum absolute atomic E-state index is 0.136. The average molecular weight is 371 g/mol. The predicted molar refractivity (Wildman–Crippen MR) is 112 cm³/mol. The van der Waals surface area contributed by atoms with Gasteiger partial charge in [0.25, 0.3) is 0 Å². The Bertz CT molecular complexity index is 671. The Balaban J connectivity index is 1.81. The number of rotatable bonds is 7. The van der Waals surface area contributed by atoms with E-state index in [1.165, 1.54) is 37.7 Å². The Labute approximate surface area is 165 Å². The van der Waals surface area contributed by atoms with Crippen molar-refractivity contribution in [1.82, 2.24) is 0 Å². The van der Waals surface area contributed by atoms with Crippen LogP contribution in [0.4, 0.5) is 0 Å². The van der Waals surface area contributed by atoms with E-state index in [1.807, 2.05) is 6.07 Å². The lowest BCUT2D eigenvalue weighted by molar-refractivity contribution is 0.00550. The van der Waals surface area contributed by atoms with Crippen LogP contribution in [0.1, 0.15) is 90.7 Å². The molecule has 1 heterocycles. The molecule has 0 radical (unpaired) electrons. The first-order chi connectivity index (χ1) is 12.8. The third kappa shape index (κ3) is 4.11. The van der Waals surface area contributed by atoms with Crippen LogP contribution in [0.25, 0.3) is 0 Å². The molecule has 0 aliphatic heterocycles. The van der Waals surface area contributed by atoms with Crippen molar-refractivity contribution in [2.24, 2.45) is 22.7 Å². The van der Waals surface area contributed by atoms with Gasteiger partial charge in [0.15, 0.2) is 0 Å². The van der Waals surface area contributed by atoms with Crippen molar-refractivity contribution < 1.29 is 9.52 Å². The summed E-state index contributed by atoms with van der Waals surface area (Å²) < 4.78 is 5.21. The number of aliphatic hydroxyl groups is 1. The largest absolute Gasteiger partial charge is 0.472 e. The molecule has 1 N–H and O–H groups in total. The maximum Gasteiger partial charge on any atom is 0.0960 e. The van der Waals surface area contributed by atoms with Gasteiger partial charge in [-0.25, -0.2) is 0 Å². The van der Waals surface area contributed by atoms with Gasteiger partial charge in [-0.3, -0.25) is 0 Å². The van der Waals surface area contributed by atoms with Crippen LogP contribution in [0.3, 0.4) is 0 Å². The summed E-state index contributed by atoms with van der Waals surface area (Å²) in [6, 6.07) is 1.90. The highest BCUT2D eigenvalue weighted by Crippen LogP contribution is 2.60. The smallest absolute Gasteiger partial charge is 0.0960 e. The van der Waals surface area contributed by atoms with Crippen molar-refractivity contribution >= 4 is 0 Å². The number of fused-ring (bicyclic) bond motifs is 1. The zero-order valence-electron chi connectivity index (χ0n) is 17.8. The first-order valence-corrected chi connectivity index (χ1v) is 10.8. The fraction of sp³-hybridized carbons (Fsp3) is 0.680. The zero-order valence-corrected chi connectivity index (χ0v) is 17.8. The molecule has 5 atom stereocenters. The molecule has 1 aromatic rings. The maximum absolute atomic E-state index is 10.9. The fourth-order valence-electron chi connectivity index (χ4n) is 5.80. The molecular formula is C25H38O2. The topological polar surface area (TPSA) is 33.4 Å². The summed E-state index contributed by atoms with van der Waals surface area (Å²) in [4.78, 5) is 0. The van der Waals surface area contributed by atoms with Gasteiger partial charge in [-0.05, 0) is 80.6 Å². The van der Waals surface area contributed by atoms with E-state index < -0.39 is 6.10 Å². The summed E-state index contributed by atoms with van der Waals surface area (Å²) >= 11 is 0. The first kappa shape index (κ1) is 20.5. The van der Waals surface area contributed by atoms with E-state index in [0.717, 1.165) is 24.8 Å². The Hall–Kier alpha value is -1.28. The monoisotopic (exact) mass is 370 g/mol. The van der Waals surface area contributed by atoms with E-state index in [2.05, 4.69) is 40.3 Å². The van der Waals surface area contributed by atoms with Crippen LogP contribution in [0.15, 0.2) is 46.8 Å². The highest BCUT2D eigenvalue weighted by atomic mass is 16.3. The minimum Gasteiger partial charge on any atom is -0.472 e. The van der Waals surface area contributed by atoms with Gasteiger partial charge in [0.05, 0.1) is 18.6 Å².